The number of hydrogen-bond donors (Lipinski definition) is 2. The van der Waals surface area contributed by atoms with Gasteiger partial charge in [-0.1, -0.05) is 11.6 Å². The summed E-state index contributed by atoms with van der Waals surface area (Å²) in [5.41, 5.74) is 1.06. The Kier molecular flexibility index (Phi) is 4.54. The monoisotopic (exact) mass is 244 g/mol. The minimum atomic E-state index is -0.223. The van der Waals surface area contributed by atoms with Gasteiger partial charge in [0.1, 0.15) is 5.75 Å². The molecule has 5 nitrogen and oxygen atoms in total. The summed E-state index contributed by atoms with van der Waals surface area (Å²) >= 11 is 5.98. The number of amides is 1. The summed E-state index contributed by atoms with van der Waals surface area (Å²) in [5.74, 6) is 5.29. The highest BCUT2D eigenvalue weighted by molar-refractivity contribution is 6.32. The number of nitrogens with one attached hydrogen (secondary N) is 1. The van der Waals surface area contributed by atoms with Gasteiger partial charge in [0.25, 0.3) is 0 Å². The summed E-state index contributed by atoms with van der Waals surface area (Å²) in [6, 6.07) is 3.31. The third-order valence-electron chi connectivity index (χ3n) is 1.97. The number of carbonyl (C=O) groups is 1. The zero-order valence-electron chi connectivity index (χ0n) is 9.04. The van der Waals surface area contributed by atoms with Crippen molar-refractivity contribution in [3.05, 3.63) is 22.7 Å². The van der Waals surface area contributed by atoms with Crippen LogP contribution in [0.25, 0.3) is 0 Å². The van der Waals surface area contributed by atoms with E-state index in [9.17, 15) is 4.79 Å². The summed E-state index contributed by atoms with van der Waals surface area (Å²) < 4.78 is 5.12. The first kappa shape index (κ1) is 12.8. The largest absolute Gasteiger partial charge is 0.495 e. The Balaban J connectivity index is 3.24. The molecule has 0 fully saturated rings. The highest BCUT2D eigenvalue weighted by Crippen LogP contribution is 2.34. The Morgan fingerprint density at radius 1 is 1.56 bits per heavy atom. The number of ether oxygens (including phenoxy) is 1. The summed E-state index contributed by atoms with van der Waals surface area (Å²) in [4.78, 5) is 15.6. The molecule has 0 unspecified atom stereocenters. The lowest BCUT2D eigenvalue weighted by Crippen LogP contribution is -2.11. The number of hydrogen-bond acceptors (Lipinski definition) is 4. The number of carbonyl (C=O) groups excluding carboxylic acids is 1. The molecule has 0 bridgehead atoms. The van der Waals surface area contributed by atoms with Crippen molar-refractivity contribution in [3.8, 4) is 5.75 Å². The molecular formula is C10H13ClN2O3. The number of anilines is 1. The van der Waals surface area contributed by atoms with E-state index in [0.717, 1.165) is 0 Å². The van der Waals surface area contributed by atoms with E-state index in [-0.39, 0.29) is 12.5 Å². The van der Waals surface area contributed by atoms with Gasteiger partial charge in [0.05, 0.1) is 19.4 Å². The Morgan fingerprint density at radius 3 is 2.75 bits per heavy atom. The molecule has 0 aliphatic heterocycles. The molecule has 1 aromatic rings. The van der Waals surface area contributed by atoms with Gasteiger partial charge in [-0.25, -0.2) is 5.90 Å². The Hall–Kier alpha value is -1.30. The molecule has 1 amide bonds. The molecule has 0 saturated heterocycles. The van der Waals surface area contributed by atoms with E-state index in [1.165, 1.54) is 14.0 Å². The van der Waals surface area contributed by atoms with E-state index in [4.69, 9.17) is 22.2 Å². The van der Waals surface area contributed by atoms with Gasteiger partial charge in [-0.05, 0) is 12.1 Å². The Morgan fingerprint density at radius 2 is 2.25 bits per heavy atom. The van der Waals surface area contributed by atoms with Crippen LogP contribution >= 0.6 is 11.6 Å². The van der Waals surface area contributed by atoms with Crippen LogP contribution in [0.2, 0.25) is 5.02 Å². The normalized spacial score (nSPS) is 10.0. The van der Waals surface area contributed by atoms with Crippen LogP contribution in [0.1, 0.15) is 12.5 Å². The van der Waals surface area contributed by atoms with Crippen molar-refractivity contribution in [2.24, 2.45) is 5.90 Å². The number of halogens is 1. The average molecular weight is 245 g/mol. The molecule has 0 aromatic heterocycles. The maximum Gasteiger partial charge on any atom is 0.221 e. The third kappa shape index (κ3) is 2.85. The lowest BCUT2D eigenvalue weighted by atomic mass is 10.1. The molecule has 3 N–H and O–H groups in total. The molecule has 0 radical (unpaired) electrons. The topological polar surface area (TPSA) is 73.6 Å². The first-order valence-electron chi connectivity index (χ1n) is 4.54. The van der Waals surface area contributed by atoms with Crippen molar-refractivity contribution in [3.63, 3.8) is 0 Å². The lowest BCUT2D eigenvalue weighted by molar-refractivity contribution is -0.114. The molecule has 6 heteroatoms. The SMILES string of the molecule is COc1ccc(Cl)c(CON)c1NC(C)=O. The average Bonchev–Trinajstić information content (AvgIpc) is 2.23. The van der Waals surface area contributed by atoms with Gasteiger partial charge in [0, 0.05) is 17.5 Å². The zero-order chi connectivity index (χ0) is 12.1. The van der Waals surface area contributed by atoms with Crippen molar-refractivity contribution in [1.82, 2.24) is 0 Å². The van der Waals surface area contributed by atoms with Gasteiger partial charge in [-0.2, -0.15) is 0 Å². The van der Waals surface area contributed by atoms with E-state index in [1.54, 1.807) is 12.1 Å². The molecule has 16 heavy (non-hydrogen) atoms. The first-order chi connectivity index (χ1) is 7.60. The van der Waals surface area contributed by atoms with Gasteiger partial charge < -0.3 is 10.1 Å². The van der Waals surface area contributed by atoms with Gasteiger partial charge in [0.15, 0.2) is 0 Å². The Bertz CT molecular complexity index is 396. The van der Waals surface area contributed by atoms with Crippen molar-refractivity contribution in [2.45, 2.75) is 13.5 Å². The van der Waals surface area contributed by atoms with Crippen LogP contribution in [0.5, 0.6) is 5.75 Å². The molecule has 0 spiro atoms. The smallest absolute Gasteiger partial charge is 0.221 e. The van der Waals surface area contributed by atoms with Crippen molar-refractivity contribution in [2.75, 3.05) is 12.4 Å². The molecule has 88 valence electrons. The number of methoxy groups -OCH3 is 1. The molecule has 0 aliphatic rings. The highest BCUT2D eigenvalue weighted by Gasteiger charge is 2.14. The van der Waals surface area contributed by atoms with Gasteiger partial charge in [-0.15, -0.1) is 0 Å². The molecule has 0 heterocycles. The van der Waals surface area contributed by atoms with Crippen molar-refractivity contribution < 1.29 is 14.4 Å². The van der Waals surface area contributed by atoms with Crippen LogP contribution < -0.4 is 16.0 Å². The molecule has 0 atom stereocenters. The minimum Gasteiger partial charge on any atom is -0.495 e. The van der Waals surface area contributed by atoms with E-state index < -0.39 is 0 Å². The minimum absolute atomic E-state index is 0.0889. The van der Waals surface area contributed by atoms with Crippen molar-refractivity contribution >= 4 is 23.2 Å². The van der Waals surface area contributed by atoms with E-state index in [1.807, 2.05) is 0 Å². The molecular weight excluding hydrogens is 232 g/mol. The summed E-state index contributed by atoms with van der Waals surface area (Å²) in [7, 11) is 1.50. The second-order valence-electron chi connectivity index (χ2n) is 3.10. The standard InChI is InChI=1S/C10H13ClN2O3/c1-6(14)13-10-7(5-16-12)8(11)3-4-9(10)15-2/h3-4H,5,12H2,1-2H3,(H,13,14). The van der Waals surface area contributed by atoms with Crippen LogP contribution in [0, 0.1) is 0 Å². The third-order valence-corrected chi connectivity index (χ3v) is 2.32. The van der Waals surface area contributed by atoms with Gasteiger partial charge in [0.2, 0.25) is 5.91 Å². The zero-order valence-corrected chi connectivity index (χ0v) is 9.80. The van der Waals surface area contributed by atoms with E-state index in [2.05, 4.69) is 10.2 Å². The second kappa shape index (κ2) is 5.69. The quantitative estimate of drug-likeness (QED) is 0.791. The summed E-state index contributed by atoms with van der Waals surface area (Å²) in [5, 5.41) is 3.09. The van der Waals surface area contributed by atoms with E-state index >= 15 is 0 Å². The Labute approximate surface area is 98.4 Å². The fraction of sp³-hybridized carbons (Fsp3) is 0.300. The first-order valence-corrected chi connectivity index (χ1v) is 4.92. The predicted octanol–water partition coefficient (Wildman–Crippen LogP) is 1.70. The fourth-order valence-electron chi connectivity index (χ4n) is 1.31. The highest BCUT2D eigenvalue weighted by atomic mass is 35.5. The predicted molar refractivity (Wildman–Crippen MR) is 61.3 cm³/mol. The van der Waals surface area contributed by atoms with Crippen LogP contribution in [0.15, 0.2) is 12.1 Å². The lowest BCUT2D eigenvalue weighted by Gasteiger charge is -2.14. The van der Waals surface area contributed by atoms with Gasteiger partial charge >= 0.3 is 0 Å². The molecule has 0 aliphatic carbocycles. The number of rotatable bonds is 4. The van der Waals surface area contributed by atoms with Crippen LogP contribution in [-0.2, 0) is 16.2 Å². The van der Waals surface area contributed by atoms with Crippen LogP contribution in [0.3, 0.4) is 0 Å². The van der Waals surface area contributed by atoms with Gasteiger partial charge in [-0.3, -0.25) is 9.63 Å². The maximum atomic E-state index is 11.1. The number of nitrogens with two attached hydrogens (primary N) is 1. The second-order valence-corrected chi connectivity index (χ2v) is 3.50. The summed E-state index contributed by atoms with van der Waals surface area (Å²) in [6.07, 6.45) is 0. The molecule has 1 rings (SSSR count). The molecule has 0 saturated carbocycles. The van der Waals surface area contributed by atoms with Crippen LogP contribution in [0.4, 0.5) is 5.69 Å². The summed E-state index contributed by atoms with van der Waals surface area (Å²) in [6.45, 7) is 1.49. The van der Waals surface area contributed by atoms with Crippen molar-refractivity contribution in [1.29, 1.82) is 0 Å². The number of benzene rings is 1. The van der Waals surface area contributed by atoms with E-state index in [0.29, 0.717) is 22.0 Å². The van der Waals surface area contributed by atoms with Crippen LogP contribution in [-0.4, -0.2) is 13.0 Å². The maximum absolute atomic E-state index is 11.1. The fourth-order valence-corrected chi connectivity index (χ4v) is 1.52. The molecule has 1 aromatic carbocycles.